The molecule has 0 aliphatic rings. The van der Waals surface area contributed by atoms with Gasteiger partial charge >= 0.3 is 0 Å². The second-order valence-electron chi connectivity index (χ2n) is 5.74. The smallest absolute Gasteiger partial charge is 0.252 e. The first kappa shape index (κ1) is 16.5. The van der Waals surface area contributed by atoms with Gasteiger partial charge in [0.2, 0.25) is 0 Å². The second-order valence-corrected chi connectivity index (χ2v) is 5.74. The van der Waals surface area contributed by atoms with E-state index in [9.17, 15) is 4.79 Å². The van der Waals surface area contributed by atoms with Gasteiger partial charge < -0.3 is 5.32 Å². The summed E-state index contributed by atoms with van der Waals surface area (Å²) in [6, 6.07) is 19.1. The quantitative estimate of drug-likeness (QED) is 0.750. The lowest BCUT2D eigenvalue weighted by molar-refractivity contribution is 0.0958. The maximum Gasteiger partial charge on any atom is 0.252 e. The molecule has 1 heterocycles. The molecule has 3 aromatic rings. The maximum atomic E-state index is 12.2. The van der Waals surface area contributed by atoms with E-state index in [0.717, 1.165) is 22.6 Å². The van der Waals surface area contributed by atoms with Crippen LogP contribution in [-0.4, -0.2) is 22.2 Å². The van der Waals surface area contributed by atoms with Crippen LogP contribution in [0.4, 0.5) is 0 Å². The van der Waals surface area contributed by atoms with Crippen molar-refractivity contribution in [1.29, 1.82) is 0 Å². The van der Waals surface area contributed by atoms with Gasteiger partial charge in [-0.15, -0.1) is 0 Å². The number of rotatable bonds is 3. The van der Waals surface area contributed by atoms with Gasteiger partial charge in [0, 0.05) is 16.8 Å². The minimum Gasteiger partial charge on any atom is -0.341 e. The summed E-state index contributed by atoms with van der Waals surface area (Å²) in [6.45, 7) is 4.28. The van der Waals surface area contributed by atoms with Crippen LogP contribution in [0.15, 0.2) is 60.7 Å². The maximum absolute atomic E-state index is 12.2. The molecule has 0 fully saturated rings. The van der Waals surface area contributed by atoms with Crippen LogP contribution in [0.3, 0.4) is 0 Å². The number of hydrogen-bond donors (Lipinski definition) is 1. The molecule has 4 heteroatoms. The van der Waals surface area contributed by atoms with Gasteiger partial charge in [0.05, 0.1) is 17.9 Å². The molecule has 0 spiro atoms. The number of amides is 1. The third kappa shape index (κ3) is 4.15. The van der Waals surface area contributed by atoms with Crippen LogP contribution in [0, 0.1) is 25.7 Å². The number of hydrogen-bond acceptors (Lipinski definition) is 2. The number of aromatic nitrogens is 2. The van der Waals surface area contributed by atoms with E-state index in [1.807, 2.05) is 67.1 Å². The summed E-state index contributed by atoms with van der Waals surface area (Å²) in [7, 11) is 0. The summed E-state index contributed by atoms with van der Waals surface area (Å²) >= 11 is 0. The van der Waals surface area contributed by atoms with Crippen LogP contribution in [-0.2, 0) is 0 Å². The standard InChI is InChI=1S/C21H19N3O/c1-16-15-17(2)24(23-16)20-12-10-19(11-13-20)21(25)22-14-6-9-18-7-4-3-5-8-18/h3-5,7-8,10-13,15H,14H2,1-2H3,(H,22,25). The molecule has 0 atom stereocenters. The molecule has 1 N–H and O–H groups in total. The van der Waals surface area contributed by atoms with Crippen molar-refractivity contribution in [3.05, 3.63) is 83.2 Å². The highest BCUT2D eigenvalue weighted by Crippen LogP contribution is 2.13. The summed E-state index contributed by atoms with van der Waals surface area (Å²) in [6.07, 6.45) is 0. The highest BCUT2D eigenvalue weighted by atomic mass is 16.1. The Morgan fingerprint density at radius 2 is 1.80 bits per heavy atom. The van der Waals surface area contributed by atoms with Crippen LogP contribution in [0.1, 0.15) is 27.3 Å². The number of aryl methyl sites for hydroxylation is 2. The second kappa shape index (κ2) is 7.50. The molecule has 0 radical (unpaired) electrons. The molecule has 124 valence electrons. The molecule has 0 unspecified atom stereocenters. The predicted molar refractivity (Wildman–Crippen MR) is 98.7 cm³/mol. The van der Waals surface area contributed by atoms with Gasteiger partial charge in [0.25, 0.3) is 5.91 Å². The van der Waals surface area contributed by atoms with E-state index in [0.29, 0.717) is 12.1 Å². The number of carbonyl (C=O) groups excluding carboxylic acids is 1. The van der Waals surface area contributed by atoms with Crippen LogP contribution in [0.5, 0.6) is 0 Å². The normalized spacial score (nSPS) is 10.0. The van der Waals surface area contributed by atoms with E-state index < -0.39 is 0 Å². The Morgan fingerprint density at radius 1 is 1.08 bits per heavy atom. The molecule has 0 aliphatic carbocycles. The van der Waals surface area contributed by atoms with Crippen molar-refractivity contribution in [3.63, 3.8) is 0 Å². The van der Waals surface area contributed by atoms with E-state index in [-0.39, 0.29) is 5.91 Å². The van der Waals surface area contributed by atoms with Gasteiger partial charge in [-0.05, 0) is 56.3 Å². The van der Waals surface area contributed by atoms with Gasteiger partial charge in [-0.2, -0.15) is 5.10 Å². The van der Waals surface area contributed by atoms with Crippen LogP contribution >= 0.6 is 0 Å². The number of nitrogens with zero attached hydrogens (tertiary/aromatic N) is 2. The summed E-state index contributed by atoms with van der Waals surface area (Å²) in [5.74, 6) is 5.83. The summed E-state index contributed by atoms with van der Waals surface area (Å²) in [5, 5.41) is 7.25. The molecule has 3 rings (SSSR count). The Hall–Kier alpha value is -3.32. The summed E-state index contributed by atoms with van der Waals surface area (Å²) in [5.41, 5.74) is 4.51. The zero-order valence-electron chi connectivity index (χ0n) is 14.3. The zero-order chi connectivity index (χ0) is 17.6. The Balaban J connectivity index is 1.61. The van der Waals surface area contributed by atoms with Crippen molar-refractivity contribution in [3.8, 4) is 17.5 Å². The van der Waals surface area contributed by atoms with Crippen molar-refractivity contribution in [1.82, 2.24) is 15.1 Å². The monoisotopic (exact) mass is 329 g/mol. The fourth-order valence-corrected chi connectivity index (χ4v) is 2.54. The topological polar surface area (TPSA) is 46.9 Å². The average molecular weight is 329 g/mol. The molecule has 2 aromatic carbocycles. The van der Waals surface area contributed by atoms with Crippen molar-refractivity contribution >= 4 is 5.91 Å². The third-order valence-corrected chi connectivity index (χ3v) is 3.73. The molecule has 0 saturated heterocycles. The predicted octanol–water partition coefficient (Wildman–Crippen LogP) is 3.27. The molecule has 0 aliphatic heterocycles. The number of carbonyl (C=O) groups is 1. The Kier molecular flexibility index (Phi) is 4.96. The molecule has 25 heavy (non-hydrogen) atoms. The van der Waals surface area contributed by atoms with E-state index in [1.165, 1.54) is 0 Å². The first-order valence-electron chi connectivity index (χ1n) is 8.09. The van der Waals surface area contributed by atoms with E-state index in [4.69, 9.17) is 0 Å². The van der Waals surface area contributed by atoms with Gasteiger partial charge in [-0.25, -0.2) is 4.68 Å². The SMILES string of the molecule is Cc1cc(C)n(-c2ccc(C(=O)NCC#Cc3ccccc3)cc2)n1. The molecule has 0 bridgehead atoms. The lowest BCUT2D eigenvalue weighted by atomic mass is 10.2. The first-order chi connectivity index (χ1) is 12.1. The lowest BCUT2D eigenvalue weighted by Gasteiger charge is -2.06. The van der Waals surface area contributed by atoms with E-state index in [2.05, 4.69) is 22.3 Å². The Labute approximate surface area is 147 Å². The Morgan fingerprint density at radius 3 is 2.44 bits per heavy atom. The molecule has 4 nitrogen and oxygen atoms in total. The minimum absolute atomic E-state index is 0.137. The molecular weight excluding hydrogens is 310 g/mol. The highest BCUT2D eigenvalue weighted by Gasteiger charge is 2.07. The fraction of sp³-hybridized carbons (Fsp3) is 0.143. The number of nitrogens with one attached hydrogen (secondary N) is 1. The molecule has 0 saturated carbocycles. The van der Waals surface area contributed by atoms with Gasteiger partial charge in [0.1, 0.15) is 0 Å². The van der Waals surface area contributed by atoms with Crippen molar-refractivity contribution in [2.24, 2.45) is 0 Å². The van der Waals surface area contributed by atoms with Crippen LogP contribution in [0.2, 0.25) is 0 Å². The van der Waals surface area contributed by atoms with Crippen LogP contribution in [0.25, 0.3) is 5.69 Å². The minimum atomic E-state index is -0.137. The molecule has 1 amide bonds. The van der Waals surface area contributed by atoms with Gasteiger partial charge in [-0.1, -0.05) is 30.0 Å². The largest absolute Gasteiger partial charge is 0.341 e. The number of benzene rings is 2. The van der Waals surface area contributed by atoms with Crippen molar-refractivity contribution in [2.45, 2.75) is 13.8 Å². The van der Waals surface area contributed by atoms with E-state index in [1.54, 1.807) is 12.1 Å². The van der Waals surface area contributed by atoms with Gasteiger partial charge in [0.15, 0.2) is 0 Å². The van der Waals surface area contributed by atoms with Crippen molar-refractivity contribution < 1.29 is 4.79 Å². The summed E-state index contributed by atoms with van der Waals surface area (Å²) in [4.78, 5) is 12.2. The lowest BCUT2D eigenvalue weighted by Crippen LogP contribution is -2.23. The molecule has 1 aromatic heterocycles. The van der Waals surface area contributed by atoms with E-state index >= 15 is 0 Å². The van der Waals surface area contributed by atoms with Crippen molar-refractivity contribution in [2.75, 3.05) is 6.54 Å². The Bertz CT molecular complexity index is 929. The van der Waals surface area contributed by atoms with Crippen LogP contribution < -0.4 is 5.32 Å². The first-order valence-corrected chi connectivity index (χ1v) is 8.09. The highest BCUT2D eigenvalue weighted by molar-refractivity contribution is 5.94. The fourth-order valence-electron chi connectivity index (χ4n) is 2.54. The molecular formula is C21H19N3O. The zero-order valence-corrected chi connectivity index (χ0v) is 14.3. The summed E-state index contributed by atoms with van der Waals surface area (Å²) < 4.78 is 1.86. The third-order valence-electron chi connectivity index (χ3n) is 3.73. The average Bonchev–Trinajstić information content (AvgIpc) is 2.98. The van der Waals surface area contributed by atoms with Gasteiger partial charge in [-0.3, -0.25) is 4.79 Å².